The van der Waals surface area contributed by atoms with Crippen LogP contribution in [-0.2, 0) is 21.0 Å². The lowest BCUT2D eigenvalue weighted by Gasteiger charge is -2.39. The first-order chi connectivity index (χ1) is 12.5. The highest BCUT2D eigenvalue weighted by Crippen LogP contribution is 2.37. The van der Waals surface area contributed by atoms with E-state index in [0.29, 0.717) is 4.90 Å². The van der Waals surface area contributed by atoms with Crippen molar-refractivity contribution in [3.05, 3.63) is 102 Å². The molecule has 1 atom stereocenters. The molecule has 0 bridgehead atoms. The van der Waals surface area contributed by atoms with Crippen molar-refractivity contribution < 1.29 is 8.39 Å². The standard InChI is InChI=1S/C22H23NO2S/c1-18-14-16-21(17-15-18)26(24)25-22(23(2)3,19-10-6-4-7-11-19)20-12-8-5-9-13-20/h4-17H,1-3H3. The van der Waals surface area contributed by atoms with E-state index in [0.717, 1.165) is 16.7 Å². The number of hydrogen-bond donors (Lipinski definition) is 0. The molecule has 0 radical (unpaired) electrons. The fourth-order valence-electron chi connectivity index (χ4n) is 2.99. The van der Waals surface area contributed by atoms with Gasteiger partial charge in [-0.2, -0.15) is 0 Å². The Labute approximate surface area is 157 Å². The Morgan fingerprint density at radius 1 is 0.769 bits per heavy atom. The van der Waals surface area contributed by atoms with Crippen molar-refractivity contribution in [2.75, 3.05) is 14.1 Å². The van der Waals surface area contributed by atoms with Crippen LogP contribution < -0.4 is 0 Å². The van der Waals surface area contributed by atoms with Crippen molar-refractivity contribution in [3.63, 3.8) is 0 Å². The highest BCUT2D eigenvalue weighted by atomic mass is 32.2. The Morgan fingerprint density at radius 3 is 1.65 bits per heavy atom. The fraction of sp³-hybridized carbons (Fsp3) is 0.182. The van der Waals surface area contributed by atoms with Crippen LogP contribution in [0.4, 0.5) is 0 Å². The van der Waals surface area contributed by atoms with Crippen molar-refractivity contribution >= 4 is 11.1 Å². The number of nitrogens with zero attached hydrogens (tertiary/aromatic N) is 1. The topological polar surface area (TPSA) is 29.5 Å². The molecule has 0 aromatic heterocycles. The molecule has 0 fully saturated rings. The summed E-state index contributed by atoms with van der Waals surface area (Å²) in [5, 5.41) is 0. The average Bonchev–Trinajstić information content (AvgIpc) is 2.67. The molecule has 4 heteroatoms. The summed E-state index contributed by atoms with van der Waals surface area (Å²) in [6.07, 6.45) is 0. The molecule has 0 saturated heterocycles. The molecule has 0 amide bonds. The third-order valence-corrected chi connectivity index (χ3v) is 5.42. The lowest BCUT2D eigenvalue weighted by molar-refractivity contribution is -0.0139. The highest BCUT2D eigenvalue weighted by molar-refractivity contribution is 7.80. The zero-order valence-corrected chi connectivity index (χ0v) is 16.1. The van der Waals surface area contributed by atoms with Gasteiger partial charge in [-0.15, -0.1) is 0 Å². The summed E-state index contributed by atoms with van der Waals surface area (Å²) in [4.78, 5) is 2.61. The van der Waals surface area contributed by atoms with Crippen LogP contribution in [0, 0.1) is 6.92 Å². The van der Waals surface area contributed by atoms with Crippen molar-refractivity contribution in [2.24, 2.45) is 0 Å². The van der Waals surface area contributed by atoms with E-state index >= 15 is 0 Å². The Morgan fingerprint density at radius 2 is 1.23 bits per heavy atom. The third kappa shape index (κ3) is 3.63. The first kappa shape index (κ1) is 18.5. The lowest BCUT2D eigenvalue weighted by Crippen LogP contribution is -2.45. The van der Waals surface area contributed by atoms with Gasteiger partial charge in [0.05, 0.1) is 4.90 Å². The molecule has 26 heavy (non-hydrogen) atoms. The van der Waals surface area contributed by atoms with E-state index in [1.165, 1.54) is 0 Å². The van der Waals surface area contributed by atoms with Crippen LogP contribution >= 0.6 is 0 Å². The molecule has 1 unspecified atom stereocenters. The first-order valence-electron chi connectivity index (χ1n) is 8.50. The van der Waals surface area contributed by atoms with Gasteiger partial charge in [-0.1, -0.05) is 78.4 Å². The van der Waals surface area contributed by atoms with Crippen LogP contribution in [0.25, 0.3) is 0 Å². The van der Waals surface area contributed by atoms with E-state index < -0.39 is 16.8 Å². The number of rotatable bonds is 6. The average molecular weight is 365 g/mol. The van der Waals surface area contributed by atoms with Crippen LogP contribution in [0.3, 0.4) is 0 Å². The Balaban J connectivity index is 2.11. The molecule has 0 aliphatic rings. The maximum atomic E-state index is 13.1. The summed E-state index contributed by atoms with van der Waals surface area (Å²) in [5.41, 5.74) is 2.02. The van der Waals surface area contributed by atoms with Gasteiger partial charge in [0, 0.05) is 11.1 Å². The smallest absolute Gasteiger partial charge is 0.191 e. The first-order valence-corrected chi connectivity index (χ1v) is 9.58. The van der Waals surface area contributed by atoms with Gasteiger partial charge >= 0.3 is 0 Å². The van der Waals surface area contributed by atoms with Crippen LogP contribution in [0.2, 0.25) is 0 Å². The molecule has 3 rings (SSSR count). The minimum Gasteiger partial charge on any atom is -0.273 e. The molecule has 0 spiro atoms. The Bertz CT molecular complexity index is 822. The van der Waals surface area contributed by atoms with Gasteiger partial charge in [0.2, 0.25) is 0 Å². The predicted molar refractivity (Wildman–Crippen MR) is 106 cm³/mol. The molecule has 3 aromatic rings. The molecule has 0 saturated carbocycles. The fourth-order valence-corrected chi connectivity index (χ4v) is 4.00. The molecule has 0 aliphatic carbocycles. The molecule has 0 N–H and O–H groups in total. The summed E-state index contributed by atoms with van der Waals surface area (Å²) < 4.78 is 19.4. The van der Waals surface area contributed by atoms with Gasteiger partial charge in [0.25, 0.3) is 0 Å². The van der Waals surface area contributed by atoms with Crippen LogP contribution in [0.5, 0.6) is 0 Å². The molecule has 3 aromatic carbocycles. The minimum absolute atomic E-state index is 0.647. The summed E-state index contributed by atoms with van der Waals surface area (Å²) >= 11 is -1.62. The maximum Gasteiger partial charge on any atom is 0.191 e. The quantitative estimate of drug-likeness (QED) is 0.603. The second-order valence-corrected chi connectivity index (χ2v) is 7.51. The zero-order valence-electron chi connectivity index (χ0n) is 15.3. The second-order valence-electron chi connectivity index (χ2n) is 6.40. The number of benzene rings is 3. The molecule has 134 valence electrons. The number of aryl methyl sites for hydroxylation is 1. The van der Waals surface area contributed by atoms with E-state index in [2.05, 4.69) is 0 Å². The van der Waals surface area contributed by atoms with Gasteiger partial charge in [-0.05, 0) is 33.2 Å². The molecule has 0 aliphatic heterocycles. The number of hydrogen-bond acceptors (Lipinski definition) is 3. The molecular formula is C22H23NO2S. The largest absolute Gasteiger partial charge is 0.273 e. The van der Waals surface area contributed by atoms with E-state index in [-0.39, 0.29) is 0 Å². The summed E-state index contributed by atoms with van der Waals surface area (Å²) in [6.45, 7) is 2.01. The van der Waals surface area contributed by atoms with E-state index in [4.69, 9.17) is 4.18 Å². The van der Waals surface area contributed by atoms with Crippen molar-refractivity contribution in [1.82, 2.24) is 4.90 Å². The van der Waals surface area contributed by atoms with Crippen LogP contribution in [0.15, 0.2) is 89.8 Å². The van der Waals surface area contributed by atoms with Crippen LogP contribution in [0.1, 0.15) is 16.7 Å². The van der Waals surface area contributed by atoms with E-state index in [9.17, 15) is 4.21 Å². The molecule has 0 heterocycles. The highest BCUT2D eigenvalue weighted by Gasteiger charge is 2.40. The van der Waals surface area contributed by atoms with Gasteiger partial charge in [0.15, 0.2) is 16.8 Å². The lowest BCUT2D eigenvalue weighted by atomic mass is 9.93. The van der Waals surface area contributed by atoms with Gasteiger partial charge in [0.1, 0.15) is 0 Å². The van der Waals surface area contributed by atoms with Crippen molar-refractivity contribution in [3.8, 4) is 0 Å². The van der Waals surface area contributed by atoms with E-state index in [1.54, 1.807) is 0 Å². The maximum absolute atomic E-state index is 13.1. The predicted octanol–water partition coefficient (Wildman–Crippen LogP) is 4.50. The molecular weight excluding hydrogens is 342 g/mol. The zero-order chi connectivity index (χ0) is 18.6. The Kier molecular flexibility index (Phi) is 5.67. The van der Waals surface area contributed by atoms with Gasteiger partial charge < -0.3 is 0 Å². The SMILES string of the molecule is Cc1ccc(S(=O)OC(c2ccccc2)(c2ccccc2)N(C)C)cc1. The minimum atomic E-state index is -1.62. The third-order valence-electron chi connectivity index (χ3n) is 4.37. The van der Waals surface area contributed by atoms with Crippen molar-refractivity contribution in [2.45, 2.75) is 17.5 Å². The molecule has 3 nitrogen and oxygen atoms in total. The van der Waals surface area contributed by atoms with Crippen LogP contribution in [-0.4, -0.2) is 23.2 Å². The second kappa shape index (κ2) is 7.96. The van der Waals surface area contributed by atoms with Gasteiger partial charge in [-0.3, -0.25) is 9.08 Å². The Hall–Kier alpha value is -2.27. The van der Waals surface area contributed by atoms with Gasteiger partial charge in [-0.25, -0.2) is 4.21 Å². The van der Waals surface area contributed by atoms with Crippen molar-refractivity contribution in [1.29, 1.82) is 0 Å². The summed E-state index contributed by atoms with van der Waals surface area (Å²) in [7, 11) is 3.87. The summed E-state index contributed by atoms with van der Waals surface area (Å²) in [6, 6.07) is 27.4. The normalized spacial score (nSPS) is 12.9. The monoisotopic (exact) mass is 365 g/mol. The summed E-state index contributed by atoms with van der Waals surface area (Å²) in [5.74, 6) is 0. The van der Waals surface area contributed by atoms with E-state index in [1.807, 2.05) is 111 Å².